The first-order valence-electron chi connectivity index (χ1n) is 9.68. The van der Waals surface area contributed by atoms with Crippen LogP contribution in [0.1, 0.15) is 34.1 Å². The Hall–Kier alpha value is -3.35. The van der Waals surface area contributed by atoms with Gasteiger partial charge in [-0.3, -0.25) is 4.79 Å². The fraction of sp³-hybridized carbons (Fsp3) is 0.273. The highest BCUT2D eigenvalue weighted by atomic mass is 19.1. The molecular formula is C22H20FN3O3. The van der Waals surface area contributed by atoms with E-state index >= 15 is 0 Å². The minimum absolute atomic E-state index is 0.0532. The maximum Gasteiger partial charge on any atom is 0.272 e. The van der Waals surface area contributed by atoms with E-state index in [2.05, 4.69) is 10.4 Å². The molecule has 2 aliphatic heterocycles. The number of hydrogen-bond donors (Lipinski definition) is 1. The Labute approximate surface area is 167 Å². The molecule has 2 aliphatic rings. The van der Waals surface area contributed by atoms with Gasteiger partial charge in [0.15, 0.2) is 5.69 Å². The molecule has 3 heterocycles. The summed E-state index contributed by atoms with van der Waals surface area (Å²) in [4.78, 5) is 12.7. The number of rotatable bonds is 3. The van der Waals surface area contributed by atoms with Crippen LogP contribution in [0.3, 0.4) is 0 Å². The van der Waals surface area contributed by atoms with Crippen molar-refractivity contribution in [2.45, 2.75) is 31.5 Å². The fourth-order valence-electron chi connectivity index (χ4n) is 3.83. The van der Waals surface area contributed by atoms with Crippen molar-refractivity contribution in [3.05, 3.63) is 77.2 Å². The predicted octanol–water partition coefficient (Wildman–Crippen LogP) is 3.28. The zero-order valence-corrected chi connectivity index (χ0v) is 15.7. The Morgan fingerprint density at radius 3 is 2.90 bits per heavy atom. The molecule has 2 unspecified atom stereocenters. The predicted molar refractivity (Wildman–Crippen MR) is 104 cm³/mol. The number of aryl methyl sites for hydroxylation is 1. The number of carbonyl (C=O) groups is 1. The molecule has 1 aromatic heterocycles. The molecule has 5 rings (SSSR count). The van der Waals surface area contributed by atoms with Crippen molar-refractivity contribution in [1.82, 2.24) is 15.1 Å². The first-order valence-corrected chi connectivity index (χ1v) is 9.68. The number of benzene rings is 2. The summed E-state index contributed by atoms with van der Waals surface area (Å²) in [5, 5.41) is 7.26. The van der Waals surface area contributed by atoms with Crippen LogP contribution in [0.25, 0.3) is 0 Å². The minimum atomic E-state index is -0.320. The van der Waals surface area contributed by atoms with Crippen LogP contribution >= 0.6 is 0 Å². The largest absolute Gasteiger partial charge is 0.491 e. The summed E-state index contributed by atoms with van der Waals surface area (Å²) in [6.45, 7) is 0.968. The molecular weight excluding hydrogens is 373 g/mol. The zero-order chi connectivity index (χ0) is 19.8. The topological polar surface area (TPSA) is 65.4 Å². The van der Waals surface area contributed by atoms with Gasteiger partial charge in [0.25, 0.3) is 5.91 Å². The van der Waals surface area contributed by atoms with Gasteiger partial charge in [-0.25, -0.2) is 9.07 Å². The highest BCUT2D eigenvalue weighted by molar-refractivity contribution is 5.92. The summed E-state index contributed by atoms with van der Waals surface area (Å²) in [5.74, 6) is 0.472. The van der Waals surface area contributed by atoms with Crippen LogP contribution in [0.15, 0.2) is 54.6 Å². The van der Waals surface area contributed by atoms with Gasteiger partial charge in [-0.2, -0.15) is 5.10 Å². The minimum Gasteiger partial charge on any atom is -0.491 e. The van der Waals surface area contributed by atoms with Gasteiger partial charge in [0.05, 0.1) is 6.04 Å². The van der Waals surface area contributed by atoms with Crippen molar-refractivity contribution < 1.29 is 18.7 Å². The molecule has 6 nitrogen and oxygen atoms in total. The number of aromatic nitrogens is 2. The Balaban J connectivity index is 1.28. The molecule has 3 aromatic rings. The van der Waals surface area contributed by atoms with Gasteiger partial charge in [0.2, 0.25) is 5.88 Å². The van der Waals surface area contributed by atoms with Crippen LogP contribution in [0.5, 0.6) is 11.6 Å². The Morgan fingerprint density at radius 2 is 2.03 bits per heavy atom. The average Bonchev–Trinajstić information content (AvgIpc) is 3.19. The number of carbonyl (C=O) groups excluding carboxylic acids is 1. The third-order valence-electron chi connectivity index (χ3n) is 5.31. The first kappa shape index (κ1) is 17.7. The highest BCUT2D eigenvalue weighted by Crippen LogP contribution is 2.31. The van der Waals surface area contributed by atoms with Crippen molar-refractivity contribution in [3.63, 3.8) is 0 Å². The van der Waals surface area contributed by atoms with Crippen molar-refractivity contribution in [1.29, 1.82) is 0 Å². The first-order chi connectivity index (χ1) is 14.2. The van der Waals surface area contributed by atoms with Gasteiger partial charge in [-0.05, 0) is 17.7 Å². The number of fused-ring (bicyclic) bond motifs is 2. The van der Waals surface area contributed by atoms with Crippen molar-refractivity contribution in [2.75, 3.05) is 6.61 Å². The van der Waals surface area contributed by atoms with Crippen LogP contribution in [-0.2, 0) is 13.0 Å². The quantitative estimate of drug-likeness (QED) is 0.742. The third kappa shape index (κ3) is 3.44. The lowest BCUT2D eigenvalue weighted by molar-refractivity contribution is 0.0908. The number of nitrogens with zero attached hydrogens (tertiary/aromatic N) is 2. The molecule has 7 heteroatoms. The second-order valence-electron chi connectivity index (χ2n) is 7.30. The Morgan fingerprint density at radius 1 is 1.17 bits per heavy atom. The Kier molecular flexibility index (Phi) is 4.42. The second-order valence-corrected chi connectivity index (χ2v) is 7.30. The lowest BCUT2D eigenvalue weighted by atomic mass is 10.0. The maximum atomic E-state index is 14.0. The molecule has 1 amide bonds. The summed E-state index contributed by atoms with van der Waals surface area (Å²) in [7, 11) is 0. The molecule has 0 fully saturated rings. The smallest absolute Gasteiger partial charge is 0.272 e. The lowest BCUT2D eigenvalue weighted by Crippen LogP contribution is -2.43. The zero-order valence-electron chi connectivity index (χ0n) is 15.7. The van der Waals surface area contributed by atoms with E-state index in [4.69, 9.17) is 9.47 Å². The van der Waals surface area contributed by atoms with E-state index < -0.39 is 0 Å². The highest BCUT2D eigenvalue weighted by Gasteiger charge is 2.28. The van der Waals surface area contributed by atoms with Crippen molar-refractivity contribution in [2.24, 2.45) is 0 Å². The molecule has 0 saturated heterocycles. The maximum absolute atomic E-state index is 14.0. The Bertz CT molecular complexity index is 1050. The molecule has 0 radical (unpaired) electrons. The van der Waals surface area contributed by atoms with Gasteiger partial charge in [-0.15, -0.1) is 0 Å². The van der Waals surface area contributed by atoms with Crippen LogP contribution < -0.4 is 14.8 Å². The SMILES string of the molecule is O=C(NC1COc2cccc(F)c2C1)c1cc2n(n1)CCC(c1ccccc1)O2. The summed E-state index contributed by atoms with van der Waals surface area (Å²) in [6, 6.07) is 16.1. The fourth-order valence-corrected chi connectivity index (χ4v) is 3.83. The monoisotopic (exact) mass is 393 g/mol. The average molecular weight is 393 g/mol. The summed E-state index contributed by atoms with van der Waals surface area (Å²) in [6.07, 6.45) is 1.11. The van der Waals surface area contributed by atoms with E-state index in [1.165, 1.54) is 6.07 Å². The van der Waals surface area contributed by atoms with E-state index in [1.54, 1.807) is 22.9 Å². The molecule has 29 heavy (non-hydrogen) atoms. The van der Waals surface area contributed by atoms with Gasteiger partial charge >= 0.3 is 0 Å². The van der Waals surface area contributed by atoms with Crippen molar-refractivity contribution >= 4 is 5.91 Å². The van der Waals surface area contributed by atoms with E-state index in [0.29, 0.717) is 36.8 Å². The van der Waals surface area contributed by atoms with E-state index in [0.717, 1.165) is 12.0 Å². The standard InChI is InChI=1S/C22H20FN3O3/c23-17-7-4-8-20-16(17)11-15(13-28-20)24-22(27)18-12-21-26(25-18)10-9-19(29-21)14-5-2-1-3-6-14/h1-8,12,15,19H,9-11,13H2,(H,24,27). The van der Waals surface area contributed by atoms with Crippen LogP contribution in [0.4, 0.5) is 4.39 Å². The van der Waals surface area contributed by atoms with E-state index in [-0.39, 0.29) is 29.6 Å². The lowest BCUT2D eigenvalue weighted by Gasteiger charge is -2.26. The molecule has 2 aromatic carbocycles. The number of nitrogens with one attached hydrogen (secondary N) is 1. The second kappa shape index (κ2) is 7.24. The number of halogens is 1. The summed E-state index contributed by atoms with van der Waals surface area (Å²) < 4.78 is 27.4. The summed E-state index contributed by atoms with van der Waals surface area (Å²) in [5.41, 5.74) is 1.88. The molecule has 2 atom stereocenters. The number of hydrogen-bond acceptors (Lipinski definition) is 4. The van der Waals surface area contributed by atoms with Crippen LogP contribution in [-0.4, -0.2) is 28.3 Å². The van der Waals surface area contributed by atoms with Crippen molar-refractivity contribution in [3.8, 4) is 11.6 Å². The molecule has 0 aliphatic carbocycles. The van der Waals surface area contributed by atoms with Gasteiger partial charge in [0, 0.05) is 31.0 Å². The summed E-state index contributed by atoms with van der Waals surface area (Å²) >= 11 is 0. The molecule has 0 spiro atoms. The normalized spacial score (nSPS) is 20.0. The van der Waals surface area contributed by atoms with Gasteiger partial charge in [-0.1, -0.05) is 36.4 Å². The molecule has 0 bridgehead atoms. The number of amides is 1. The van der Waals surface area contributed by atoms with Crippen LogP contribution in [0, 0.1) is 5.82 Å². The van der Waals surface area contributed by atoms with Gasteiger partial charge in [0.1, 0.15) is 24.3 Å². The molecule has 1 N–H and O–H groups in total. The molecule has 148 valence electrons. The van der Waals surface area contributed by atoms with E-state index in [1.807, 2.05) is 30.3 Å². The van der Waals surface area contributed by atoms with Crippen LogP contribution in [0.2, 0.25) is 0 Å². The molecule has 0 saturated carbocycles. The van der Waals surface area contributed by atoms with E-state index in [9.17, 15) is 9.18 Å². The number of ether oxygens (including phenoxy) is 2. The van der Waals surface area contributed by atoms with Gasteiger partial charge < -0.3 is 14.8 Å². The third-order valence-corrected chi connectivity index (χ3v) is 5.31.